The minimum absolute atomic E-state index is 0.106. The topological polar surface area (TPSA) is 106 Å². The van der Waals surface area contributed by atoms with Gasteiger partial charge in [-0.1, -0.05) is 11.6 Å². The van der Waals surface area contributed by atoms with Gasteiger partial charge in [0.15, 0.2) is 0 Å². The van der Waals surface area contributed by atoms with E-state index in [1.165, 1.54) is 10.9 Å². The number of hydrazone groups is 1. The molecule has 25 heavy (non-hydrogen) atoms. The lowest BCUT2D eigenvalue weighted by Gasteiger charge is -2.29. The van der Waals surface area contributed by atoms with Gasteiger partial charge in [0.2, 0.25) is 0 Å². The molecule has 0 saturated carbocycles. The second-order valence-corrected chi connectivity index (χ2v) is 7.39. The molecule has 4 N–H and O–H groups in total. The Labute approximate surface area is 158 Å². The van der Waals surface area contributed by atoms with Crippen LogP contribution in [-0.2, 0) is 6.54 Å². The molecular formula is C16H19BrClN5O2. The summed E-state index contributed by atoms with van der Waals surface area (Å²) in [4.78, 5) is 17.0. The van der Waals surface area contributed by atoms with Gasteiger partial charge >= 0.3 is 0 Å². The minimum atomic E-state index is -0.437. The van der Waals surface area contributed by atoms with Crippen molar-refractivity contribution in [3.63, 3.8) is 0 Å². The summed E-state index contributed by atoms with van der Waals surface area (Å²) in [6.07, 6.45) is 3.20. The van der Waals surface area contributed by atoms with Crippen molar-refractivity contribution in [2.75, 3.05) is 6.54 Å². The summed E-state index contributed by atoms with van der Waals surface area (Å²) in [5.74, 6) is 5.51. The molecule has 3 rings (SSSR count). The third kappa shape index (κ3) is 4.03. The smallest absolute Gasteiger partial charge is 0.261 e. The standard InChI is InChI=1S/C16H19BrClN5O2/c17-11-6-13-10(5-12(11)18)16(25)23(8-21-13)7-9(22-19)4-14-15(24)2-1-3-20-14/h5-6,8,14-15,20,24H,1-4,7,19H2/b22-9-. The zero-order valence-corrected chi connectivity index (χ0v) is 15.8. The molecule has 0 radical (unpaired) electrons. The molecule has 0 amide bonds. The number of rotatable bonds is 4. The lowest BCUT2D eigenvalue weighted by molar-refractivity contribution is 0.0990. The Balaban J connectivity index is 1.84. The molecule has 1 aliphatic heterocycles. The Bertz CT molecular complexity index is 869. The fourth-order valence-electron chi connectivity index (χ4n) is 3.02. The zero-order chi connectivity index (χ0) is 18.0. The molecule has 2 aromatic rings. The van der Waals surface area contributed by atoms with Gasteiger partial charge in [0, 0.05) is 16.9 Å². The molecule has 7 nitrogen and oxygen atoms in total. The van der Waals surface area contributed by atoms with Crippen molar-refractivity contribution in [2.24, 2.45) is 10.9 Å². The largest absolute Gasteiger partial charge is 0.391 e. The normalized spacial score (nSPS) is 21.6. The lowest BCUT2D eigenvalue weighted by atomic mass is 9.96. The first-order valence-electron chi connectivity index (χ1n) is 8.01. The zero-order valence-electron chi connectivity index (χ0n) is 13.5. The molecule has 0 spiro atoms. The van der Waals surface area contributed by atoms with Gasteiger partial charge < -0.3 is 16.3 Å². The van der Waals surface area contributed by atoms with E-state index in [1.54, 1.807) is 12.1 Å². The van der Waals surface area contributed by atoms with E-state index in [-0.39, 0.29) is 18.1 Å². The number of fused-ring (bicyclic) bond motifs is 1. The fraction of sp³-hybridized carbons (Fsp3) is 0.438. The van der Waals surface area contributed by atoms with Crippen LogP contribution in [0.5, 0.6) is 0 Å². The lowest BCUT2D eigenvalue weighted by Crippen LogP contribution is -2.46. The number of piperidine rings is 1. The summed E-state index contributed by atoms with van der Waals surface area (Å²) in [5, 5.41) is 18.0. The van der Waals surface area contributed by atoms with Crippen LogP contribution in [0.1, 0.15) is 19.3 Å². The summed E-state index contributed by atoms with van der Waals surface area (Å²) >= 11 is 9.41. The summed E-state index contributed by atoms with van der Waals surface area (Å²) in [6.45, 7) is 1.07. The van der Waals surface area contributed by atoms with Crippen LogP contribution in [0.3, 0.4) is 0 Å². The van der Waals surface area contributed by atoms with Gasteiger partial charge in [-0.25, -0.2) is 4.98 Å². The van der Waals surface area contributed by atoms with Crippen LogP contribution in [0.2, 0.25) is 5.02 Å². The van der Waals surface area contributed by atoms with E-state index in [0.717, 1.165) is 19.4 Å². The molecule has 2 unspecified atom stereocenters. The van der Waals surface area contributed by atoms with Gasteiger partial charge in [0.1, 0.15) is 0 Å². The molecule has 1 aliphatic rings. The number of nitrogens with two attached hydrogens (primary N) is 1. The summed E-state index contributed by atoms with van der Waals surface area (Å²) in [6, 6.07) is 3.20. The predicted molar refractivity (Wildman–Crippen MR) is 102 cm³/mol. The first-order chi connectivity index (χ1) is 12.0. The fourth-order valence-corrected chi connectivity index (χ4v) is 3.51. The Morgan fingerprint density at radius 2 is 2.36 bits per heavy atom. The average Bonchev–Trinajstić information content (AvgIpc) is 2.60. The van der Waals surface area contributed by atoms with E-state index in [2.05, 4.69) is 31.3 Å². The molecule has 134 valence electrons. The van der Waals surface area contributed by atoms with E-state index in [0.29, 0.717) is 32.5 Å². The monoisotopic (exact) mass is 427 g/mol. The Morgan fingerprint density at radius 1 is 1.56 bits per heavy atom. The second-order valence-electron chi connectivity index (χ2n) is 6.13. The van der Waals surface area contributed by atoms with Gasteiger partial charge in [-0.2, -0.15) is 5.10 Å². The van der Waals surface area contributed by atoms with E-state index >= 15 is 0 Å². The van der Waals surface area contributed by atoms with Crippen LogP contribution >= 0.6 is 27.5 Å². The van der Waals surface area contributed by atoms with Crippen molar-refractivity contribution >= 4 is 44.1 Å². The Hall–Kier alpha value is -1.48. The highest BCUT2D eigenvalue weighted by molar-refractivity contribution is 9.10. The molecule has 2 atom stereocenters. The third-order valence-corrected chi connectivity index (χ3v) is 5.60. The highest BCUT2D eigenvalue weighted by atomic mass is 79.9. The molecule has 1 aromatic heterocycles. The maximum absolute atomic E-state index is 12.7. The first kappa shape index (κ1) is 18.3. The molecule has 0 bridgehead atoms. The van der Waals surface area contributed by atoms with Crippen LogP contribution in [0.4, 0.5) is 0 Å². The van der Waals surface area contributed by atoms with Gasteiger partial charge in [-0.15, -0.1) is 0 Å². The van der Waals surface area contributed by atoms with Crippen molar-refractivity contribution in [3.05, 3.63) is 38.3 Å². The van der Waals surface area contributed by atoms with Crippen LogP contribution in [0.25, 0.3) is 10.9 Å². The van der Waals surface area contributed by atoms with Gasteiger partial charge in [0.25, 0.3) is 5.56 Å². The highest BCUT2D eigenvalue weighted by Crippen LogP contribution is 2.25. The molecule has 1 aromatic carbocycles. The van der Waals surface area contributed by atoms with E-state index in [9.17, 15) is 9.90 Å². The van der Waals surface area contributed by atoms with Crippen molar-refractivity contribution in [1.29, 1.82) is 0 Å². The van der Waals surface area contributed by atoms with Gasteiger partial charge in [-0.05, 0) is 47.4 Å². The van der Waals surface area contributed by atoms with E-state index < -0.39 is 6.10 Å². The summed E-state index contributed by atoms with van der Waals surface area (Å²) in [7, 11) is 0. The van der Waals surface area contributed by atoms with Crippen molar-refractivity contribution in [2.45, 2.75) is 38.0 Å². The summed E-state index contributed by atoms with van der Waals surface area (Å²) in [5.41, 5.74) is 0.968. The SMILES string of the molecule is N/N=C(/CC1NCCCC1O)Cn1cnc2cc(Br)c(Cl)cc2c1=O. The number of halogens is 2. The number of aliphatic hydroxyl groups excluding tert-OH is 1. The highest BCUT2D eigenvalue weighted by Gasteiger charge is 2.24. The predicted octanol–water partition coefficient (Wildman–Crippen LogP) is 1.63. The van der Waals surface area contributed by atoms with Crippen molar-refractivity contribution in [1.82, 2.24) is 14.9 Å². The molecular weight excluding hydrogens is 410 g/mol. The van der Waals surface area contributed by atoms with E-state index in [4.69, 9.17) is 17.4 Å². The Kier molecular flexibility index (Phi) is 5.73. The van der Waals surface area contributed by atoms with E-state index in [1.807, 2.05) is 0 Å². The van der Waals surface area contributed by atoms with Crippen LogP contribution < -0.4 is 16.7 Å². The maximum Gasteiger partial charge on any atom is 0.261 e. The molecule has 9 heteroatoms. The quantitative estimate of drug-likeness (QED) is 0.390. The number of benzene rings is 1. The Morgan fingerprint density at radius 3 is 3.08 bits per heavy atom. The average molecular weight is 429 g/mol. The third-order valence-electron chi connectivity index (χ3n) is 4.40. The van der Waals surface area contributed by atoms with Crippen LogP contribution in [0.15, 0.2) is 32.8 Å². The van der Waals surface area contributed by atoms with Gasteiger partial charge in [0.05, 0.1) is 40.6 Å². The van der Waals surface area contributed by atoms with Crippen molar-refractivity contribution < 1.29 is 5.11 Å². The second kappa shape index (κ2) is 7.82. The number of aromatic nitrogens is 2. The molecule has 1 fully saturated rings. The number of hydrogen-bond acceptors (Lipinski definition) is 6. The number of aliphatic hydroxyl groups is 1. The van der Waals surface area contributed by atoms with Crippen molar-refractivity contribution in [3.8, 4) is 0 Å². The minimum Gasteiger partial charge on any atom is -0.391 e. The molecule has 2 heterocycles. The number of nitrogens with zero attached hydrogens (tertiary/aromatic N) is 3. The molecule has 1 saturated heterocycles. The number of hydrogen-bond donors (Lipinski definition) is 3. The van der Waals surface area contributed by atoms with Crippen LogP contribution in [-0.4, -0.2) is 39.1 Å². The maximum atomic E-state index is 12.7. The van der Waals surface area contributed by atoms with Crippen LogP contribution in [0, 0.1) is 0 Å². The van der Waals surface area contributed by atoms with Gasteiger partial charge in [-0.3, -0.25) is 9.36 Å². The first-order valence-corrected chi connectivity index (χ1v) is 9.18. The summed E-state index contributed by atoms with van der Waals surface area (Å²) < 4.78 is 2.14. The number of nitrogens with one attached hydrogen (secondary N) is 1. The molecule has 0 aliphatic carbocycles.